The maximum atomic E-state index is 12.5. The van der Waals surface area contributed by atoms with Crippen molar-refractivity contribution in [3.63, 3.8) is 0 Å². The molecule has 2 unspecified atom stereocenters. The minimum Gasteiger partial charge on any atom is -0.457 e. The number of carbonyl (C=O) groups is 1. The van der Waals surface area contributed by atoms with E-state index in [1.807, 2.05) is 0 Å². The molecule has 9 heteroatoms. The Labute approximate surface area is 301 Å². The van der Waals surface area contributed by atoms with Crippen LogP contribution in [0.4, 0.5) is 0 Å². The third kappa shape index (κ3) is 37.5. The molecule has 0 saturated heterocycles. The van der Waals surface area contributed by atoms with Crippen LogP contribution in [-0.4, -0.2) is 49.9 Å². The van der Waals surface area contributed by atoms with Crippen LogP contribution in [0, 0.1) is 0 Å². The molecule has 0 aliphatic heterocycles. The molecule has 0 aromatic heterocycles. The number of phosphoric acid groups is 1. The molecule has 0 bridgehead atoms. The summed E-state index contributed by atoms with van der Waals surface area (Å²) >= 11 is 0. The average Bonchev–Trinajstić information content (AvgIpc) is 3.09. The molecule has 0 aliphatic rings. The lowest BCUT2D eigenvalue weighted by molar-refractivity contribution is -0.154. The molecule has 0 aromatic rings. The zero-order valence-electron chi connectivity index (χ0n) is 31.4. The monoisotopic (exact) mass is 712 g/mol. The molecule has 0 amide bonds. The number of hydrogen-bond acceptors (Lipinski definition) is 7. The smallest absolute Gasteiger partial charge is 0.457 e. The Balaban J connectivity index is 4.13. The predicted molar refractivity (Wildman–Crippen MR) is 206 cm³/mol. The number of ether oxygens (including phenoxy) is 2. The van der Waals surface area contributed by atoms with E-state index < -0.39 is 13.9 Å². The summed E-state index contributed by atoms with van der Waals surface area (Å²) in [5, 5.41) is 0. The van der Waals surface area contributed by atoms with Gasteiger partial charge in [-0.2, -0.15) is 0 Å². The summed E-state index contributed by atoms with van der Waals surface area (Å²) in [6, 6.07) is 0. The number of phosphoric ester groups is 1. The summed E-state index contributed by atoms with van der Waals surface area (Å²) in [5.74, 6) is -0.354. The average molecular weight is 712 g/mol. The van der Waals surface area contributed by atoms with Crippen molar-refractivity contribution in [2.75, 3.05) is 33.0 Å². The minimum atomic E-state index is -4.28. The molecule has 0 heterocycles. The lowest BCUT2D eigenvalue weighted by Gasteiger charge is -2.20. The van der Waals surface area contributed by atoms with Crippen LogP contribution in [0.25, 0.3) is 0 Å². The Kier molecular flexibility index (Phi) is 36.5. The Hall–Kier alpha value is -1.54. The van der Waals surface area contributed by atoms with Crippen LogP contribution in [0.15, 0.2) is 48.6 Å². The summed E-state index contributed by atoms with van der Waals surface area (Å²) in [4.78, 5) is 22.4. The van der Waals surface area contributed by atoms with Gasteiger partial charge in [0.15, 0.2) is 0 Å². The predicted octanol–water partition coefficient (Wildman–Crippen LogP) is 11.2. The maximum Gasteiger partial charge on any atom is 0.472 e. The topological polar surface area (TPSA) is 117 Å². The van der Waals surface area contributed by atoms with E-state index in [9.17, 15) is 14.3 Å². The molecule has 286 valence electrons. The van der Waals surface area contributed by atoms with Crippen LogP contribution in [0.1, 0.15) is 162 Å². The number of hydrogen-bond donors (Lipinski definition) is 2. The maximum absolute atomic E-state index is 12.5. The molecule has 0 aliphatic carbocycles. The van der Waals surface area contributed by atoms with E-state index in [1.165, 1.54) is 70.6 Å². The third-order valence-corrected chi connectivity index (χ3v) is 8.99. The van der Waals surface area contributed by atoms with Crippen LogP contribution in [-0.2, 0) is 27.9 Å². The summed E-state index contributed by atoms with van der Waals surface area (Å²) in [6.07, 6.45) is 42.6. The number of rotatable bonds is 37. The molecule has 0 fully saturated rings. The van der Waals surface area contributed by atoms with Gasteiger partial charge in [-0.25, -0.2) is 4.57 Å². The standard InChI is InChI=1S/C40H74NO7P/c1-3-5-7-9-11-13-15-17-18-19-20-21-23-25-27-29-31-33-40(42)48-39(38-47-49(43,44)46-36-34-41)37-45-35-32-30-28-26-24-22-16-14-12-10-8-6-4-2/h5,7,11,13,17-18,20-21,39H,3-4,6,8-10,12,14-16,19,22-38,41H2,1-2H3,(H,43,44)/b7-5-,13-11-,18-17-,21-20-. The number of esters is 1. The van der Waals surface area contributed by atoms with Crippen molar-refractivity contribution in [3.8, 4) is 0 Å². The number of nitrogens with two attached hydrogens (primary N) is 1. The van der Waals surface area contributed by atoms with Gasteiger partial charge in [0.2, 0.25) is 0 Å². The van der Waals surface area contributed by atoms with E-state index >= 15 is 0 Å². The number of allylic oxidation sites excluding steroid dienone is 8. The van der Waals surface area contributed by atoms with Gasteiger partial charge in [0.25, 0.3) is 0 Å². The second-order valence-corrected chi connectivity index (χ2v) is 14.2. The summed E-state index contributed by atoms with van der Waals surface area (Å²) < 4.78 is 33.3. The van der Waals surface area contributed by atoms with Gasteiger partial charge in [-0.1, -0.05) is 152 Å². The Morgan fingerprint density at radius 2 is 1.14 bits per heavy atom. The second-order valence-electron chi connectivity index (χ2n) is 12.8. The first-order chi connectivity index (χ1) is 23.9. The van der Waals surface area contributed by atoms with Crippen molar-refractivity contribution in [2.24, 2.45) is 5.73 Å². The van der Waals surface area contributed by atoms with Crippen LogP contribution < -0.4 is 5.73 Å². The zero-order chi connectivity index (χ0) is 35.9. The molecule has 0 radical (unpaired) electrons. The van der Waals surface area contributed by atoms with Gasteiger partial charge in [-0.05, 0) is 51.4 Å². The highest BCUT2D eigenvalue weighted by Gasteiger charge is 2.25. The van der Waals surface area contributed by atoms with Gasteiger partial charge in [-0.3, -0.25) is 13.8 Å². The fourth-order valence-electron chi connectivity index (χ4n) is 5.16. The first-order valence-electron chi connectivity index (χ1n) is 19.6. The molecule has 8 nitrogen and oxygen atoms in total. The number of carbonyl (C=O) groups excluding carboxylic acids is 1. The van der Waals surface area contributed by atoms with E-state index in [-0.39, 0.29) is 32.3 Å². The van der Waals surface area contributed by atoms with E-state index in [4.69, 9.17) is 24.3 Å². The second kappa shape index (κ2) is 37.7. The lowest BCUT2D eigenvalue weighted by Crippen LogP contribution is -2.28. The van der Waals surface area contributed by atoms with Crippen molar-refractivity contribution >= 4 is 13.8 Å². The molecule has 0 saturated carbocycles. The molecular formula is C40H74NO7P. The van der Waals surface area contributed by atoms with Gasteiger partial charge < -0.3 is 20.1 Å². The summed E-state index contributed by atoms with van der Waals surface area (Å²) in [7, 11) is -4.28. The first-order valence-corrected chi connectivity index (χ1v) is 21.1. The first kappa shape index (κ1) is 47.5. The third-order valence-electron chi connectivity index (χ3n) is 8.01. The van der Waals surface area contributed by atoms with E-state index in [0.29, 0.717) is 13.0 Å². The van der Waals surface area contributed by atoms with Gasteiger partial charge >= 0.3 is 13.8 Å². The Bertz CT molecular complexity index is 890. The number of unbranched alkanes of at least 4 members (excludes halogenated alkanes) is 16. The Morgan fingerprint density at radius 1 is 0.633 bits per heavy atom. The fourth-order valence-corrected chi connectivity index (χ4v) is 5.93. The van der Waals surface area contributed by atoms with Crippen molar-refractivity contribution < 1.29 is 32.8 Å². The zero-order valence-corrected chi connectivity index (χ0v) is 32.3. The van der Waals surface area contributed by atoms with Gasteiger partial charge in [0, 0.05) is 19.6 Å². The lowest BCUT2D eigenvalue weighted by atomic mass is 10.0. The molecule has 3 N–H and O–H groups in total. The van der Waals surface area contributed by atoms with Crippen LogP contribution >= 0.6 is 7.82 Å². The van der Waals surface area contributed by atoms with Gasteiger partial charge in [-0.15, -0.1) is 0 Å². The molecule has 49 heavy (non-hydrogen) atoms. The van der Waals surface area contributed by atoms with Gasteiger partial charge in [0.1, 0.15) is 6.10 Å². The van der Waals surface area contributed by atoms with Crippen LogP contribution in [0.3, 0.4) is 0 Å². The van der Waals surface area contributed by atoms with Crippen molar-refractivity contribution in [1.29, 1.82) is 0 Å². The minimum absolute atomic E-state index is 0.0952. The fraction of sp³-hybridized carbons (Fsp3) is 0.775. The van der Waals surface area contributed by atoms with E-state index in [0.717, 1.165) is 70.6 Å². The van der Waals surface area contributed by atoms with Crippen molar-refractivity contribution in [2.45, 2.75) is 168 Å². The normalized spacial score (nSPS) is 14.1. The highest BCUT2D eigenvalue weighted by Crippen LogP contribution is 2.43. The molecule has 2 atom stereocenters. The molecule has 0 spiro atoms. The molecule has 0 rings (SSSR count). The quantitative estimate of drug-likeness (QED) is 0.0283. The van der Waals surface area contributed by atoms with Crippen LogP contribution in [0.2, 0.25) is 0 Å². The largest absolute Gasteiger partial charge is 0.472 e. The van der Waals surface area contributed by atoms with E-state index in [2.05, 4.69) is 62.5 Å². The van der Waals surface area contributed by atoms with Gasteiger partial charge in [0.05, 0.1) is 19.8 Å². The van der Waals surface area contributed by atoms with E-state index in [1.54, 1.807) is 0 Å². The van der Waals surface area contributed by atoms with Crippen molar-refractivity contribution in [3.05, 3.63) is 48.6 Å². The highest BCUT2D eigenvalue weighted by molar-refractivity contribution is 7.47. The van der Waals surface area contributed by atoms with Crippen molar-refractivity contribution in [1.82, 2.24) is 0 Å². The molecular weight excluding hydrogens is 637 g/mol. The molecule has 0 aromatic carbocycles. The summed E-state index contributed by atoms with van der Waals surface area (Å²) in [6.45, 7) is 4.77. The highest BCUT2D eigenvalue weighted by atomic mass is 31.2. The SMILES string of the molecule is CC/C=C\C/C=C\C/C=C\C/C=C\CCCCCCC(=O)OC(COCCCCCCCCCCCCCCC)COP(=O)(O)OCCN. The Morgan fingerprint density at radius 3 is 1.71 bits per heavy atom. The summed E-state index contributed by atoms with van der Waals surface area (Å²) in [5.41, 5.74) is 5.35. The van der Waals surface area contributed by atoms with Crippen LogP contribution in [0.5, 0.6) is 0 Å².